The van der Waals surface area contributed by atoms with Gasteiger partial charge in [0.2, 0.25) is 11.8 Å². The molecule has 5 nitrogen and oxygen atoms in total. The van der Waals surface area contributed by atoms with E-state index in [0.29, 0.717) is 19.5 Å². The molecule has 0 aromatic heterocycles. The number of carbonyl (C=O) groups excluding carboxylic acids is 2. The summed E-state index contributed by atoms with van der Waals surface area (Å²) in [5.74, 6) is -2.33. The van der Waals surface area contributed by atoms with Crippen LogP contribution in [0, 0.1) is 11.6 Å². The number of halogens is 3. The second-order valence-electron chi connectivity index (χ2n) is 5.85. The zero-order valence-electron chi connectivity index (χ0n) is 13.5. The lowest BCUT2D eigenvalue weighted by Crippen LogP contribution is -2.41. The van der Waals surface area contributed by atoms with Gasteiger partial charge in [-0.3, -0.25) is 14.5 Å². The molecule has 1 aliphatic heterocycles. The molecule has 132 valence electrons. The molecule has 1 aromatic rings. The molecule has 1 heterocycles. The Balaban J connectivity index is 1.97. The summed E-state index contributed by atoms with van der Waals surface area (Å²) in [6.45, 7) is 2.86. The summed E-state index contributed by atoms with van der Waals surface area (Å²) < 4.78 is 27.5. The molecule has 2 N–H and O–H groups in total. The van der Waals surface area contributed by atoms with Crippen LogP contribution in [-0.2, 0) is 16.0 Å². The molecule has 0 saturated carbocycles. The van der Waals surface area contributed by atoms with Crippen LogP contribution in [0.2, 0.25) is 5.02 Å². The first-order valence-corrected chi connectivity index (χ1v) is 8.11. The minimum absolute atomic E-state index is 0.0938. The zero-order chi connectivity index (χ0) is 17.9. The van der Waals surface area contributed by atoms with Gasteiger partial charge >= 0.3 is 0 Å². The van der Waals surface area contributed by atoms with Crippen LogP contribution in [0.5, 0.6) is 0 Å². The van der Waals surface area contributed by atoms with Gasteiger partial charge in [-0.1, -0.05) is 11.6 Å². The van der Waals surface area contributed by atoms with Gasteiger partial charge in [-0.05, 0) is 32.5 Å². The molecule has 1 fully saturated rings. The summed E-state index contributed by atoms with van der Waals surface area (Å²) in [5.41, 5.74) is -0.355. The lowest BCUT2D eigenvalue weighted by molar-refractivity contribution is -0.125. The molecule has 2 amide bonds. The van der Waals surface area contributed by atoms with Crippen molar-refractivity contribution < 1.29 is 18.4 Å². The Bertz CT molecular complexity index is 642. The number of hydrogen-bond acceptors (Lipinski definition) is 3. The summed E-state index contributed by atoms with van der Waals surface area (Å²) >= 11 is 5.62. The third-order valence-electron chi connectivity index (χ3n) is 4.04. The monoisotopic (exact) mass is 359 g/mol. The van der Waals surface area contributed by atoms with E-state index in [0.717, 1.165) is 12.1 Å². The number of likely N-dealkylation sites (tertiary alicyclic amines) is 1. The van der Waals surface area contributed by atoms with E-state index in [4.69, 9.17) is 11.6 Å². The van der Waals surface area contributed by atoms with Gasteiger partial charge < -0.3 is 10.6 Å². The first-order valence-electron chi connectivity index (χ1n) is 7.73. The van der Waals surface area contributed by atoms with E-state index < -0.39 is 24.0 Å². The largest absolute Gasteiger partial charge is 0.355 e. The maximum atomic E-state index is 13.8. The van der Waals surface area contributed by atoms with E-state index >= 15 is 0 Å². The van der Waals surface area contributed by atoms with Crippen LogP contribution >= 0.6 is 11.6 Å². The zero-order valence-corrected chi connectivity index (χ0v) is 14.3. The van der Waals surface area contributed by atoms with E-state index in [2.05, 4.69) is 10.6 Å². The fraction of sp³-hybridized carbons (Fsp3) is 0.500. The van der Waals surface area contributed by atoms with Crippen molar-refractivity contribution in [1.29, 1.82) is 0 Å². The van der Waals surface area contributed by atoms with Crippen molar-refractivity contribution >= 4 is 23.4 Å². The first-order chi connectivity index (χ1) is 11.3. The van der Waals surface area contributed by atoms with E-state index in [1.54, 1.807) is 7.05 Å². The number of carbonyl (C=O) groups is 2. The predicted octanol–water partition coefficient (Wildman–Crippen LogP) is 1.49. The molecular formula is C16H20ClF2N3O2. The highest BCUT2D eigenvalue weighted by molar-refractivity contribution is 6.30. The third-order valence-corrected chi connectivity index (χ3v) is 4.34. The van der Waals surface area contributed by atoms with Crippen LogP contribution in [0.25, 0.3) is 0 Å². The highest BCUT2D eigenvalue weighted by atomic mass is 35.5. The topological polar surface area (TPSA) is 61.4 Å². The van der Waals surface area contributed by atoms with Crippen molar-refractivity contribution in [3.8, 4) is 0 Å². The van der Waals surface area contributed by atoms with Gasteiger partial charge in [-0.2, -0.15) is 0 Å². The average molecular weight is 360 g/mol. The summed E-state index contributed by atoms with van der Waals surface area (Å²) in [4.78, 5) is 25.9. The highest BCUT2D eigenvalue weighted by Crippen LogP contribution is 2.22. The number of rotatable bonds is 5. The highest BCUT2D eigenvalue weighted by Gasteiger charge is 2.35. The molecule has 0 radical (unpaired) electrons. The smallest absolute Gasteiger partial charge is 0.237 e. The maximum absolute atomic E-state index is 13.8. The lowest BCUT2D eigenvalue weighted by atomic mass is 10.1. The molecule has 1 aliphatic rings. The normalized spacial score (nSPS) is 20.9. The Morgan fingerprint density at radius 1 is 1.38 bits per heavy atom. The number of likely N-dealkylation sites (N-methyl/N-ethyl adjacent to an activating group) is 2. The molecular weight excluding hydrogens is 340 g/mol. The third kappa shape index (κ3) is 4.21. The standard InChI is InChI=1S/C16H20ClF2N3O2/c1-3-20-16(24)13-6-9(8-22(13)2)21-14(23)7-10-12(18)5-4-11(17)15(10)19/h4-5,9,13H,3,6-8H2,1-2H3,(H,20,24)(H,21,23)/t9-,13-/m0/s1. The van der Waals surface area contributed by atoms with Gasteiger partial charge in [0, 0.05) is 24.7 Å². The molecule has 0 unspecified atom stereocenters. The molecule has 2 rings (SSSR count). The number of nitrogens with zero attached hydrogens (tertiary/aromatic N) is 1. The first kappa shape index (κ1) is 18.6. The van der Waals surface area contributed by atoms with E-state index in [1.807, 2.05) is 11.8 Å². The summed E-state index contributed by atoms with van der Waals surface area (Å²) in [5, 5.41) is 5.24. The van der Waals surface area contributed by atoms with Crippen molar-refractivity contribution in [2.45, 2.75) is 31.8 Å². The second kappa shape index (κ2) is 7.90. The Kier molecular flexibility index (Phi) is 6.12. The van der Waals surface area contributed by atoms with Crippen molar-refractivity contribution in [1.82, 2.24) is 15.5 Å². The van der Waals surface area contributed by atoms with Crippen molar-refractivity contribution in [2.75, 3.05) is 20.1 Å². The van der Waals surface area contributed by atoms with Crippen molar-refractivity contribution in [3.05, 3.63) is 34.4 Å². The summed E-state index contributed by atoms with van der Waals surface area (Å²) in [6.07, 6.45) is 0.0127. The van der Waals surface area contributed by atoms with Gasteiger partial charge in [0.1, 0.15) is 11.6 Å². The summed E-state index contributed by atoms with van der Waals surface area (Å²) in [7, 11) is 1.79. The fourth-order valence-corrected chi connectivity index (χ4v) is 3.05. The van der Waals surface area contributed by atoms with E-state index in [1.165, 1.54) is 0 Å². The van der Waals surface area contributed by atoms with Gasteiger partial charge in [0.15, 0.2) is 0 Å². The maximum Gasteiger partial charge on any atom is 0.237 e. The van der Waals surface area contributed by atoms with Gasteiger partial charge in [0.05, 0.1) is 17.5 Å². The SMILES string of the molecule is CCNC(=O)[C@@H]1C[C@H](NC(=O)Cc2c(F)ccc(Cl)c2F)CN1C. The minimum atomic E-state index is -0.921. The van der Waals surface area contributed by atoms with Gasteiger partial charge in [-0.25, -0.2) is 8.78 Å². The van der Waals surface area contributed by atoms with Gasteiger partial charge in [-0.15, -0.1) is 0 Å². The fourth-order valence-electron chi connectivity index (χ4n) is 2.87. The van der Waals surface area contributed by atoms with Crippen molar-refractivity contribution in [2.24, 2.45) is 0 Å². The lowest BCUT2D eigenvalue weighted by Gasteiger charge is -2.17. The predicted molar refractivity (Wildman–Crippen MR) is 86.7 cm³/mol. The Labute approximate surface area is 144 Å². The van der Waals surface area contributed by atoms with Crippen LogP contribution in [0.4, 0.5) is 8.78 Å². The Hall–Kier alpha value is -1.73. The number of hydrogen-bond donors (Lipinski definition) is 2. The Morgan fingerprint density at radius 3 is 2.75 bits per heavy atom. The van der Waals surface area contributed by atoms with Gasteiger partial charge in [0.25, 0.3) is 0 Å². The Morgan fingerprint density at radius 2 is 2.08 bits per heavy atom. The van der Waals surface area contributed by atoms with Crippen LogP contribution in [0.3, 0.4) is 0 Å². The number of amides is 2. The average Bonchev–Trinajstić information content (AvgIpc) is 2.88. The van der Waals surface area contributed by atoms with Crippen molar-refractivity contribution in [3.63, 3.8) is 0 Å². The second-order valence-corrected chi connectivity index (χ2v) is 6.26. The van der Waals surface area contributed by atoms with Crippen LogP contribution in [0.15, 0.2) is 12.1 Å². The molecule has 0 spiro atoms. The number of benzene rings is 1. The molecule has 8 heteroatoms. The minimum Gasteiger partial charge on any atom is -0.355 e. The van der Waals surface area contributed by atoms with Crippen LogP contribution < -0.4 is 10.6 Å². The molecule has 0 aliphatic carbocycles. The molecule has 24 heavy (non-hydrogen) atoms. The van der Waals surface area contributed by atoms with Crippen LogP contribution in [-0.4, -0.2) is 48.9 Å². The molecule has 1 saturated heterocycles. The van der Waals surface area contributed by atoms with E-state index in [-0.39, 0.29) is 28.6 Å². The molecule has 0 bridgehead atoms. The van der Waals surface area contributed by atoms with Crippen LogP contribution in [0.1, 0.15) is 18.9 Å². The summed E-state index contributed by atoms with van der Waals surface area (Å²) in [6, 6.07) is 1.56. The number of nitrogens with one attached hydrogen (secondary N) is 2. The van der Waals surface area contributed by atoms with E-state index in [9.17, 15) is 18.4 Å². The molecule has 1 aromatic carbocycles. The quantitative estimate of drug-likeness (QED) is 0.783. The molecule has 2 atom stereocenters.